The molecule has 0 aliphatic carbocycles. The summed E-state index contributed by atoms with van der Waals surface area (Å²) in [7, 11) is 0. The maximum Gasteiger partial charge on any atom is 0.155 e. The van der Waals surface area contributed by atoms with Crippen molar-refractivity contribution >= 4 is 32.4 Å². The molecule has 0 amide bonds. The third-order valence-corrected chi connectivity index (χ3v) is 6.07. The van der Waals surface area contributed by atoms with Gasteiger partial charge in [-0.05, 0) is 35.7 Å². The largest absolute Gasteiger partial charge is 0.492 e. The highest BCUT2D eigenvalue weighted by molar-refractivity contribution is 7.17. The van der Waals surface area contributed by atoms with Gasteiger partial charge in [-0.25, -0.2) is 0 Å². The SMILES string of the molecule is O/N=c1/cc(-c2cc3sccc3cn2)oc2ccc(OCCN3CCOCC3)cc12. The Balaban J connectivity index is 1.40. The average molecular weight is 423 g/mol. The van der Waals surface area contributed by atoms with E-state index in [1.807, 2.05) is 41.9 Å². The topological polar surface area (TPSA) is 80.3 Å². The van der Waals surface area contributed by atoms with Crippen LogP contribution in [0.1, 0.15) is 0 Å². The van der Waals surface area contributed by atoms with Gasteiger partial charge in [-0.15, -0.1) is 11.3 Å². The molecule has 30 heavy (non-hydrogen) atoms. The molecular formula is C22H21N3O4S. The Bertz CT molecular complexity index is 1240. The first-order valence-corrected chi connectivity index (χ1v) is 10.7. The fraction of sp³-hybridized carbons (Fsp3) is 0.273. The number of hydrogen-bond donors (Lipinski definition) is 1. The van der Waals surface area contributed by atoms with Crippen LogP contribution < -0.4 is 10.1 Å². The highest BCUT2D eigenvalue weighted by Crippen LogP contribution is 2.27. The maximum atomic E-state index is 9.59. The summed E-state index contributed by atoms with van der Waals surface area (Å²) in [5.74, 6) is 1.26. The van der Waals surface area contributed by atoms with Crippen molar-refractivity contribution in [2.45, 2.75) is 0 Å². The Morgan fingerprint density at radius 1 is 1.17 bits per heavy atom. The van der Waals surface area contributed by atoms with Crippen LogP contribution in [0.5, 0.6) is 5.75 Å². The van der Waals surface area contributed by atoms with E-state index < -0.39 is 0 Å². The Morgan fingerprint density at radius 3 is 2.93 bits per heavy atom. The van der Waals surface area contributed by atoms with E-state index in [1.165, 1.54) is 0 Å². The quantitative estimate of drug-likeness (QED) is 0.389. The lowest BCUT2D eigenvalue weighted by Gasteiger charge is -2.26. The van der Waals surface area contributed by atoms with Crippen molar-refractivity contribution in [3.05, 3.63) is 53.3 Å². The minimum atomic E-state index is 0.415. The number of rotatable bonds is 5. The van der Waals surface area contributed by atoms with Crippen LogP contribution in [-0.4, -0.2) is 54.5 Å². The second kappa shape index (κ2) is 8.43. The van der Waals surface area contributed by atoms with E-state index in [0.29, 0.717) is 40.1 Å². The predicted molar refractivity (Wildman–Crippen MR) is 115 cm³/mol. The smallest absolute Gasteiger partial charge is 0.155 e. The van der Waals surface area contributed by atoms with E-state index in [2.05, 4.69) is 15.0 Å². The molecule has 8 heteroatoms. The normalized spacial score (nSPS) is 15.8. The molecule has 5 rings (SSSR count). The minimum Gasteiger partial charge on any atom is -0.492 e. The summed E-state index contributed by atoms with van der Waals surface area (Å²) in [4.78, 5) is 6.80. The Labute approximate surface area is 176 Å². The zero-order valence-electron chi connectivity index (χ0n) is 16.3. The molecule has 0 unspecified atom stereocenters. The van der Waals surface area contributed by atoms with Gasteiger partial charge in [0.2, 0.25) is 0 Å². The van der Waals surface area contributed by atoms with Gasteiger partial charge >= 0.3 is 0 Å². The lowest BCUT2D eigenvalue weighted by Crippen LogP contribution is -2.38. The van der Waals surface area contributed by atoms with Crippen molar-refractivity contribution in [3.63, 3.8) is 0 Å². The van der Waals surface area contributed by atoms with E-state index in [-0.39, 0.29) is 0 Å². The third kappa shape index (κ3) is 3.89. The Morgan fingerprint density at radius 2 is 2.07 bits per heavy atom. The zero-order valence-corrected chi connectivity index (χ0v) is 17.1. The van der Waals surface area contributed by atoms with Crippen molar-refractivity contribution in [1.82, 2.24) is 9.88 Å². The molecule has 3 aromatic heterocycles. The fourth-order valence-electron chi connectivity index (χ4n) is 3.55. The van der Waals surface area contributed by atoms with Gasteiger partial charge in [0.15, 0.2) is 5.76 Å². The van der Waals surface area contributed by atoms with Crippen LogP contribution in [0.25, 0.3) is 32.5 Å². The van der Waals surface area contributed by atoms with Crippen LogP contribution in [-0.2, 0) is 4.74 Å². The van der Waals surface area contributed by atoms with Gasteiger partial charge in [-0.3, -0.25) is 9.88 Å². The number of benzene rings is 1. The molecule has 0 saturated carbocycles. The first-order chi connectivity index (χ1) is 14.8. The number of hydrogen-bond acceptors (Lipinski definition) is 8. The van der Waals surface area contributed by atoms with Crippen molar-refractivity contribution in [1.29, 1.82) is 0 Å². The first kappa shape index (κ1) is 19.0. The summed E-state index contributed by atoms with van der Waals surface area (Å²) in [5.41, 5.74) is 1.30. The van der Waals surface area contributed by atoms with Gasteiger partial charge in [-0.1, -0.05) is 5.16 Å². The molecule has 1 saturated heterocycles. The van der Waals surface area contributed by atoms with Crippen molar-refractivity contribution in [2.24, 2.45) is 5.16 Å². The lowest BCUT2D eigenvalue weighted by atomic mass is 10.1. The number of pyridine rings is 1. The lowest BCUT2D eigenvalue weighted by molar-refractivity contribution is 0.0322. The Hall–Kier alpha value is -2.94. The summed E-state index contributed by atoms with van der Waals surface area (Å²) in [6, 6.07) is 11.3. The molecule has 154 valence electrons. The van der Waals surface area contributed by atoms with E-state index >= 15 is 0 Å². The molecule has 0 radical (unpaired) electrons. The van der Waals surface area contributed by atoms with Crippen LogP contribution in [0.4, 0.5) is 0 Å². The minimum absolute atomic E-state index is 0.415. The van der Waals surface area contributed by atoms with Crippen molar-refractivity contribution in [2.75, 3.05) is 39.5 Å². The summed E-state index contributed by atoms with van der Waals surface area (Å²) in [6.07, 6.45) is 1.82. The molecule has 4 heterocycles. The van der Waals surface area contributed by atoms with Gasteiger partial charge < -0.3 is 19.1 Å². The monoisotopic (exact) mass is 423 g/mol. The molecule has 0 spiro atoms. The molecule has 0 atom stereocenters. The average Bonchev–Trinajstić information content (AvgIpc) is 3.27. The van der Waals surface area contributed by atoms with Crippen molar-refractivity contribution in [3.8, 4) is 17.2 Å². The molecule has 7 nitrogen and oxygen atoms in total. The van der Waals surface area contributed by atoms with Crippen LogP contribution in [0.2, 0.25) is 0 Å². The number of nitrogens with zero attached hydrogens (tertiary/aromatic N) is 3. The number of fused-ring (bicyclic) bond motifs is 2. The molecular weight excluding hydrogens is 402 g/mol. The van der Waals surface area contributed by atoms with E-state index in [1.54, 1.807) is 17.4 Å². The highest BCUT2D eigenvalue weighted by atomic mass is 32.1. The van der Waals surface area contributed by atoms with Gasteiger partial charge in [0, 0.05) is 42.0 Å². The van der Waals surface area contributed by atoms with Crippen LogP contribution in [0.3, 0.4) is 0 Å². The number of ether oxygens (including phenoxy) is 2. The summed E-state index contributed by atoms with van der Waals surface area (Å²) < 4.78 is 18.5. The first-order valence-electron chi connectivity index (χ1n) is 9.83. The molecule has 1 aliphatic rings. The van der Waals surface area contributed by atoms with Gasteiger partial charge in [-0.2, -0.15) is 0 Å². The summed E-state index contributed by atoms with van der Waals surface area (Å²) >= 11 is 1.65. The van der Waals surface area contributed by atoms with Crippen LogP contribution in [0.15, 0.2) is 57.5 Å². The molecule has 1 fully saturated rings. The summed E-state index contributed by atoms with van der Waals surface area (Å²) in [5, 5.41) is 17.3. The zero-order chi connectivity index (χ0) is 20.3. The predicted octanol–water partition coefficient (Wildman–Crippen LogP) is 3.71. The number of aromatic nitrogens is 1. The second-order valence-electron chi connectivity index (χ2n) is 7.08. The van der Waals surface area contributed by atoms with E-state index in [4.69, 9.17) is 13.9 Å². The molecule has 4 aromatic rings. The fourth-order valence-corrected chi connectivity index (χ4v) is 4.35. The van der Waals surface area contributed by atoms with Gasteiger partial charge in [0.1, 0.15) is 29.0 Å². The van der Waals surface area contributed by atoms with Gasteiger partial charge in [0.05, 0.1) is 18.6 Å². The third-order valence-electron chi connectivity index (χ3n) is 5.19. The molecule has 0 bridgehead atoms. The van der Waals surface area contributed by atoms with E-state index in [9.17, 15) is 5.21 Å². The second-order valence-corrected chi connectivity index (χ2v) is 8.03. The van der Waals surface area contributed by atoms with Crippen LogP contribution >= 0.6 is 11.3 Å². The Kier molecular flexibility index (Phi) is 5.35. The number of thiophene rings is 1. The molecule has 1 aromatic carbocycles. The standard InChI is InChI=1S/C22H21N3O4S/c26-24-18-12-21(19-13-22-15(14-23-19)3-10-30-22)29-20-2-1-16(11-17(18)20)28-9-6-25-4-7-27-8-5-25/h1-3,10-14,26H,4-9H2/b24-18-. The van der Waals surface area contributed by atoms with Crippen molar-refractivity contribution < 1.29 is 19.1 Å². The van der Waals surface area contributed by atoms with Gasteiger partial charge in [0.25, 0.3) is 0 Å². The number of morpholine rings is 1. The summed E-state index contributed by atoms with van der Waals surface area (Å²) in [6.45, 7) is 4.84. The van der Waals surface area contributed by atoms with E-state index in [0.717, 1.165) is 42.9 Å². The molecule has 1 N–H and O–H groups in total. The van der Waals surface area contributed by atoms with Crippen LogP contribution in [0, 0.1) is 0 Å². The highest BCUT2D eigenvalue weighted by Gasteiger charge is 2.12. The molecule has 1 aliphatic heterocycles. The maximum absolute atomic E-state index is 9.59.